The number of hydrogen-bond acceptors (Lipinski definition) is 1. The number of halogens is 2. The van der Waals surface area contributed by atoms with Crippen molar-refractivity contribution < 1.29 is 4.74 Å². The fraction of sp³-hybridized carbons (Fsp3) is 1.00. The van der Waals surface area contributed by atoms with Crippen molar-refractivity contribution in [1.82, 2.24) is 0 Å². The van der Waals surface area contributed by atoms with Crippen molar-refractivity contribution in [3.63, 3.8) is 0 Å². The van der Waals surface area contributed by atoms with Crippen LogP contribution in [0.1, 0.15) is 13.3 Å². The lowest BCUT2D eigenvalue weighted by Crippen LogP contribution is -2.17. The first-order valence-corrected chi connectivity index (χ1v) is 3.25. The van der Waals surface area contributed by atoms with Crippen molar-refractivity contribution in [1.29, 1.82) is 0 Å². The molecule has 0 heterocycles. The summed E-state index contributed by atoms with van der Waals surface area (Å²) < 4.78 is 4.05. The van der Waals surface area contributed by atoms with Crippen LogP contribution in [0.2, 0.25) is 0 Å². The summed E-state index contributed by atoms with van der Waals surface area (Å²) in [7, 11) is 1.58. The fourth-order valence-electron chi connectivity index (χ4n) is 0.313. The number of ether oxygens (including phenoxy) is 1. The second kappa shape index (κ2) is 3.54. The minimum atomic E-state index is -0.686. The van der Waals surface area contributed by atoms with E-state index in [9.17, 15) is 0 Å². The van der Waals surface area contributed by atoms with Gasteiger partial charge in [0, 0.05) is 7.11 Å². The highest BCUT2D eigenvalue weighted by atomic mass is 35.5. The van der Waals surface area contributed by atoms with Crippen molar-refractivity contribution in [2.75, 3.05) is 13.7 Å². The molecular formula is C5H10Cl2O. The van der Waals surface area contributed by atoms with E-state index in [4.69, 9.17) is 27.9 Å². The molecule has 0 spiro atoms. The molecule has 8 heavy (non-hydrogen) atoms. The Balaban J connectivity index is 3.37. The van der Waals surface area contributed by atoms with Crippen molar-refractivity contribution in [3.05, 3.63) is 0 Å². The molecule has 0 N–H and O–H groups in total. The van der Waals surface area contributed by atoms with Crippen LogP contribution >= 0.6 is 23.2 Å². The maximum Gasteiger partial charge on any atom is 0.141 e. The molecule has 0 saturated heterocycles. The summed E-state index contributed by atoms with van der Waals surface area (Å²) in [4.78, 5) is 0. The number of hydrogen-bond donors (Lipinski definition) is 0. The molecular weight excluding hydrogens is 147 g/mol. The zero-order valence-corrected chi connectivity index (χ0v) is 6.59. The Hall–Kier alpha value is 0.540. The van der Waals surface area contributed by atoms with Crippen LogP contribution in [0.5, 0.6) is 0 Å². The Bertz CT molecular complexity index is 63.4. The van der Waals surface area contributed by atoms with E-state index < -0.39 is 4.33 Å². The van der Waals surface area contributed by atoms with Gasteiger partial charge in [0.1, 0.15) is 4.33 Å². The van der Waals surface area contributed by atoms with E-state index in [2.05, 4.69) is 0 Å². The van der Waals surface area contributed by atoms with Gasteiger partial charge in [-0.15, -0.1) is 0 Å². The summed E-state index contributed by atoms with van der Waals surface area (Å²) in [5.74, 6) is 0. The van der Waals surface area contributed by atoms with E-state index in [1.807, 2.05) is 6.92 Å². The molecule has 0 saturated carbocycles. The molecule has 0 atom stereocenters. The lowest BCUT2D eigenvalue weighted by molar-refractivity contribution is 0.187. The van der Waals surface area contributed by atoms with Crippen LogP contribution in [0, 0.1) is 0 Å². The Morgan fingerprint density at radius 1 is 1.50 bits per heavy atom. The van der Waals surface area contributed by atoms with Gasteiger partial charge in [-0.05, 0) is 6.42 Å². The third-order valence-electron chi connectivity index (χ3n) is 0.873. The third kappa shape index (κ3) is 3.53. The molecule has 0 aliphatic rings. The first-order valence-electron chi connectivity index (χ1n) is 2.49. The van der Waals surface area contributed by atoms with Gasteiger partial charge in [-0.2, -0.15) is 0 Å². The zero-order valence-electron chi connectivity index (χ0n) is 5.08. The van der Waals surface area contributed by atoms with Gasteiger partial charge in [0.15, 0.2) is 0 Å². The average Bonchev–Trinajstić information content (AvgIpc) is 1.67. The Kier molecular flexibility index (Phi) is 3.78. The summed E-state index contributed by atoms with van der Waals surface area (Å²) in [6.45, 7) is 2.31. The largest absolute Gasteiger partial charge is 0.382 e. The van der Waals surface area contributed by atoms with Crippen LogP contribution in [0.4, 0.5) is 0 Å². The molecule has 50 valence electrons. The molecule has 3 heteroatoms. The second-order valence-electron chi connectivity index (χ2n) is 1.64. The van der Waals surface area contributed by atoms with Crippen molar-refractivity contribution >= 4 is 23.2 Å². The maximum absolute atomic E-state index is 5.66. The summed E-state index contributed by atoms with van der Waals surface area (Å²) in [5, 5.41) is 0. The second-order valence-corrected chi connectivity index (χ2v) is 3.28. The van der Waals surface area contributed by atoms with E-state index in [0.29, 0.717) is 13.0 Å². The maximum atomic E-state index is 5.66. The van der Waals surface area contributed by atoms with E-state index in [1.54, 1.807) is 7.11 Å². The van der Waals surface area contributed by atoms with E-state index in [1.165, 1.54) is 0 Å². The van der Waals surface area contributed by atoms with E-state index in [-0.39, 0.29) is 0 Å². The monoisotopic (exact) mass is 156 g/mol. The fourth-order valence-corrected chi connectivity index (χ4v) is 0.531. The van der Waals surface area contributed by atoms with Gasteiger partial charge in [-0.3, -0.25) is 0 Å². The lowest BCUT2D eigenvalue weighted by Gasteiger charge is -2.14. The predicted octanol–water partition coefficient (Wildman–Crippen LogP) is 2.22. The van der Waals surface area contributed by atoms with Gasteiger partial charge >= 0.3 is 0 Å². The molecule has 0 aliphatic heterocycles. The Labute approximate surface area is 59.9 Å². The topological polar surface area (TPSA) is 9.23 Å². The summed E-state index contributed by atoms with van der Waals surface area (Å²) >= 11 is 11.3. The highest BCUT2D eigenvalue weighted by Gasteiger charge is 2.19. The standard InChI is InChI=1S/C5H10Cl2O/c1-3-5(6,7)4-8-2/h3-4H2,1-2H3. The van der Waals surface area contributed by atoms with Crippen molar-refractivity contribution in [2.45, 2.75) is 17.7 Å². The zero-order chi connectivity index (χ0) is 6.62. The summed E-state index contributed by atoms with van der Waals surface area (Å²) in [6.07, 6.45) is 0.712. The molecule has 0 aromatic heterocycles. The minimum absolute atomic E-state index is 0.395. The Morgan fingerprint density at radius 3 is 2.12 bits per heavy atom. The smallest absolute Gasteiger partial charge is 0.141 e. The molecule has 0 unspecified atom stereocenters. The van der Waals surface area contributed by atoms with Crippen LogP contribution in [0.15, 0.2) is 0 Å². The molecule has 0 aromatic carbocycles. The highest BCUT2D eigenvalue weighted by molar-refractivity contribution is 6.48. The highest BCUT2D eigenvalue weighted by Crippen LogP contribution is 2.24. The lowest BCUT2D eigenvalue weighted by atomic mass is 10.3. The van der Waals surface area contributed by atoms with Gasteiger partial charge in [0.2, 0.25) is 0 Å². The number of methoxy groups -OCH3 is 1. The molecule has 0 aliphatic carbocycles. The third-order valence-corrected chi connectivity index (χ3v) is 1.63. The molecule has 0 aromatic rings. The average molecular weight is 157 g/mol. The quantitative estimate of drug-likeness (QED) is 0.570. The predicted molar refractivity (Wildman–Crippen MR) is 36.6 cm³/mol. The number of alkyl halides is 2. The minimum Gasteiger partial charge on any atom is -0.382 e. The SMILES string of the molecule is CCC(Cl)(Cl)COC. The molecule has 0 radical (unpaired) electrons. The van der Waals surface area contributed by atoms with E-state index >= 15 is 0 Å². The van der Waals surface area contributed by atoms with Gasteiger partial charge in [-0.1, -0.05) is 30.1 Å². The normalized spacial score (nSPS) is 12.0. The molecule has 0 fully saturated rings. The summed E-state index contributed by atoms with van der Waals surface area (Å²) in [5.41, 5.74) is 0. The van der Waals surface area contributed by atoms with Gasteiger partial charge < -0.3 is 4.74 Å². The van der Waals surface area contributed by atoms with Crippen LogP contribution < -0.4 is 0 Å². The van der Waals surface area contributed by atoms with Crippen LogP contribution in [-0.4, -0.2) is 18.1 Å². The van der Waals surface area contributed by atoms with Crippen molar-refractivity contribution in [2.24, 2.45) is 0 Å². The van der Waals surface area contributed by atoms with Gasteiger partial charge in [0.25, 0.3) is 0 Å². The van der Waals surface area contributed by atoms with Crippen LogP contribution in [-0.2, 0) is 4.74 Å². The molecule has 0 amide bonds. The first-order chi connectivity index (χ1) is 3.62. The van der Waals surface area contributed by atoms with Gasteiger partial charge in [-0.25, -0.2) is 0 Å². The summed E-state index contributed by atoms with van der Waals surface area (Å²) in [6, 6.07) is 0. The van der Waals surface area contributed by atoms with Crippen LogP contribution in [0.25, 0.3) is 0 Å². The molecule has 1 nitrogen and oxygen atoms in total. The van der Waals surface area contributed by atoms with Gasteiger partial charge in [0.05, 0.1) is 6.61 Å². The first kappa shape index (κ1) is 8.54. The number of rotatable bonds is 3. The van der Waals surface area contributed by atoms with Crippen molar-refractivity contribution in [3.8, 4) is 0 Å². The van der Waals surface area contributed by atoms with E-state index in [0.717, 1.165) is 0 Å². The molecule has 0 rings (SSSR count). The molecule has 0 bridgehead atoms. The Morgan fingerprint density at radius 2 is 2.00 bits per heavy atom. The van der Waals surface area contributed by atoms with Crippen LogP contribution in [0.3, 0.4) is 0 Å².